The van der Waals surface area contributed by atoms with Crippen molar-refractivity contribution in [2.24, 2.45) is 0 Å². The lowest BCUT2D eigenvalue weighted by Gasteiger charge is -2.08. The fraction of sp³-hybridized carbons (Fsp3) is 0.0357. The number of benzene rings is 4. The fourth-order valence-corrected chi connectivity index (χ4v) is 4.12. The van der Waals surface area contributed by atoms with E-state index in [0.29, 0.717) is 17.2 Å². The molecule has 170 valence electrons. The van der Waals surface area contributed by atoms with E-state index in [9.17, 15) is 9.90 Å². The van der Waals surface area contributed by atoms with Gasteiger partial charge in [0.15, 0.2) is 5.43 Å². The number of hydrogen-bond acceptors (Lipinski definition) is 6. The number of aromatic nitrogens is 3. The molecule has 2 heterocycles. The molecule has 0 aliphatic heterocycles. The van der Waals surface area contributed by atoms with E-state index in [2.05, 4.69) is 10.3 Å². The van der Waals surface area contributed by atoms with E-state index in [1.54, 1.807) is 16.9 Å². The maximum absolute atomic E-state index is 12.6. The quantitative estimate of drug-likeness (QED) is 0.366. The van der Waals surface area contributed by atoms with E-state index in [1.807, 2.05) is 72.8 Å². The van der Waals surface area contributed by atoms with Crippen molar-refractivity contribution in [3.8, 4) is 28.5 Å². The number of aromatic hydroxyl groups is 1. The van der Waals surface area contributed by atoms with E-state index >= 15 is 0 Å². The third-order valence-electron chi connectivity index (χ3n) is 5.78. The van der Waals surface area contributed by atoms with Crippen LogP contribution < -0.4 is 10.2 Å². The van der Waals surface area contributed by atoms with Crippen LogP contribution in [0.5, 0.6) is 11.5 Å². The number of nitrogens with zero attached hydrogens (tertiary/aromatic N) is 3. The second kappa shape index (κ2) is 8.46. The molecule has 0 amide bonds. The zero-order chi connectivity index (χ0) is 23.8. The molecule has 0 bridgehead atoms. The molecule has 0 atom stereocenters. The number of ether oxygens (including phenoxy) is 1. The summed E-state index contributed by atoms with van der Waals surface area (Å²) in [5.41, 5.74) is 2.21. The average Bonchev–Trinajstić information content (AvgIpc) is 3.36. The molecule has 35 heavy (non-hydrogen) atoms. The van der Waals surface area contributed by atoms with Crippen molar-refractivity contribution >= 4 is 21.7 Å². The SMILES string of the molecule is O=c1cc(-c2ccccc2)oc2cc(OCc3cn(-c4cccc5ccccc45)nn3)cc(O)c12. The third kappa shape index (κ3) is 3.89. The molecule has 0 aliphatic rings. The van der Waals surface area contributed by atoms with Gasteiger partial charge in [-0.15, -0.1) is 5.10 Å². The highest BCUT2D eigenvalue weighted by Crippen LogP contribution is 2.31. The van der Waals surface area contributed by atoms with Crippen LogP contribution in [0.15, 0.2) is 106 Å². The first-order valence-electron chi connectivity index (χ1n) is 11.0. The monoisotopic (exact) mass is 461 g/mol. The van der Waals surface area contributed by atoms with E-state index in [1.165, 1.54) is 12.1 Å². The Labute approximate surface area is 199 Å². The minimum atomic E-state index is -0.327. The standard InChI is InChI=1S/C28H19N3O4/c32-24-13-21(14-27-28(24)25(33)15-26(35-27)19-8-2-1-3-9-19)34-17-20-16-31(30-29-20)23-12-6-10-18-7-4-5-11-22(18)23/h1-16,32H,17H2. The second-order valence-electron chi connectivity index (χ2n) is 8.10. The van der Waals surface area contributed by atoms with Crippen molar-refractivity contribution in [1.82, 2.24) is 15.0 Å². The van der Waals surface area contributed by atoms with Gasteiger partial charge in [-0.25, -0.2) is 4.68 Å². The number of phenolic OH excluding ortho intramolecular Hbond substituents is 1. The Kier molecular flexibility index (Phi) is 5.00. The van der Waals surface area contributed by atoms with Gasteiger partial charge in [-0.1, -0.05) is 71.9 Å². The first-order chi connectivity index (χ1) is 17.2. The molecule has 7 heteroatoms. The minimum Gasteiger partial charge on any atom is -0.507 e. The summed E-state index contributed by atoms with van der Waals surface area (Å²) in [7, 11) is 0. The average molecular weight is 461 g/mol. The molecule has 4 aromatic carbocycles. The summed E-state index contributed by atoms with van der Waals surface area (Å²) in [6.45, 7) is 0.123. The third-order valence-corrected chi connectivity index (χ3v) is 5.78. The predicted octanol–water partition coefficient (Wildman–Crippen LogP) is 5.48. The van der Waals surface area contributed by atoms with Crippen LogP contribution in [0.4, 0.5) is 0 Å². The van der Waals surface area contributed by atoms with Gasteiger partial charge < -0.3 is 14.3 Å². The van der Waals surface area contributed by atoms with E-state index in [0.717, 1.165) is 22.0 Å². The Hall–Kier alpha value is -4.91. The molecule has 6 rings (SSSR count). The normalized spacial score (nSPS) is 11.2. The van der Waals surface area contributed by atoms with Gasteiger partial charge >= 0.3 is 0 Å². The molecular weight excluding hydrogens is 442 g/mol. The van der Waals surface area contributed by atoms with Gasteiger partial charge in [0.1, 0.15) is 40.5 Å². The highest BCUT2D eigenvalue weighted by atomic mass is 16.5. The molecule has 0 aliphatic carbocycles. The molecule has 0 unspecified atom stereocenters. The van der Waals surface area contributed by atoms with Crippen molar-refractivity contribution < 1.29 is 14.3 Å². The van der Waals surface area contributed by atoms with Crippen LogP contribution in [-0.4, -0.2) is 20.1 Å². The number of fused-ring (bicyclic) bond motifs is 2. The summed E-state index contributed by atoms with van der Waals surface area (Å²) in [6.07, 6.45) is 1.80. The van der Waals surface area contributed by atoms with Gasteiger partial charge in [-0.2, -0.15) is 0 Å². The van der Waals surface area contributed by atoms with Gasteiger partial charge in [-0.05, 0) is 11.5 Å². The number of rotatable bonds is 5. The van der Waals surface area contributed by atoms with Crippen molar-refractivity contribution in [1.29, 1.82) is 0 Å². The zero-order valence-electron chi connectivity index (χ0n) is 18.5. The smallest absolute Gasteiger partial charge is 0.197 e. The lowest BCUT2D eigenvalue weighted by atomic mass is 10.1. The summed E-state index contributed by atoms with van der Waals surface area (Å²) in [5.74, 6) is 0.561. The molecule has 0 spiro atoms. The van der Waals surface area contributed by atoms with Crippen LogP contribution in [0.1, 0.15) is 5.69 Å². The first kappa shape index (κ1) is 20.7. The summed E-state index contributed by atoms with van der Waals surface area (Å²) < 4.78 is 13.5. The van der Waals surface area contributed by atoms with E-state index in [4.69, 9.17) is 9.15 Å². The van der Waals surface area contributed by atoms with Crippen molar-refractivity contribution in [3.63, 3.8) is 0 Å². The molecule has 0 radical (unpaired) electrons. The molecule has 6 aromatic rings. The summed E-state index contributed by atoms with van der Waals surface area (Å²) in [5, 5.41) is 21.2. The van der Waals surface area contributed by atoms with Gasteiger partial charge in [-0.3, -0.25) is 4.79 Å². The van der Waals surface area contributed by atoms with Crippen molar-refractivity contribution in [3.05, 3.63) is 113 Å². The largest absolute Gasteiger partial charge is 0.507 e. The fourth-order valence-electron chi connectivity index (χ4n) is 4.12. The van der Waals surface area contributed by atoms with Crippen molar-refractivity contribution in [2.75, 3.05) is 0 Å². The van der Waals surface area contributed by atoms with Crippen LogP contribution in [0.2, 0.25) is 0 Å². The van der Waals surface area contributed by atoms with Gasteiger partial charge in [0.2, 0.25) is 0 Å². The van der Waals surface area contributed by atoms with Crippen LogP contribution in [-0.2, 0) is 6.61 Å². The maximum Gasteiger partial charge on any atom is 0.197 e. The Balaban J connectivity index is 1.29. The first-order valence-corrected chi connectivity index (χ1v) is 11.0. The lowest BCUT2D eigenvalue weighted by Crippen LogP contribution is -2.02. The molecular formula is C28H19N3O4. The molecule has 0 saturated carbocycles. The molecule has 7 nitrogen and oxygen atoms in total. The summed E-state index contributed by atoms with van der Waals surface area (Å²) >= 11 is 0. The van der Waals surface area contributed by atoms with Crippen molar-refractivity contribution in [2.45, 2.75) is 6.61 Å². The van der Waals surface area contributed by atoms with Crippen LogP contribution in [0, 0.1) is 0 Å². The highest BCUT2D eigenvalue weighted by molar-refractivity contribution is 5.90. The highest BCUT2D eigenvalue weighted by Gasteiger charge is 2.14. The van der Waals surface area contributed by atoms with E-state index < -0.39 is 0 Å². The molecule has 0 saturated heterocycles. The number of phenols is 1. The Morgan fingerprint density at radius 2 is 1.71 bits per heavy atom. The maximum atomic E-state index is 12.6. The Bertz CT molecular complexity index is 1730. The second-order valence-corrected chi connectivity index (χ2v) is 8.10. The lowest BCUT2D eigenvalue weighted by molar-refractivity contribution is 0.299. The number of hydrogen-bond donors (Lipinski definition) is 1. The van der Waals surface area contributed by atoms with Gasteiger partial charge in [0.25, 0.3) is 0 Å². The zero-order valence-corrected chi connectivity index (χ0v) is 18.5. The Morgan fingerprint density at radius 1 is 0.914 bits per heavy atom. The molecule has 1 N–H and O–H groups in total. The van der Waals surface area contributed by atoms with Crippen LogP contribution in [0.3, 0.4) is 0 Å². The summed E-state index contributed by atoms with van der Waals surface area (Å²) in [4.78, 5) is 12.6. The Morgan fingerprint density at radius 3 is 2.60 bits per heavy atom. The van der Waals surface area contributed by atoms with E-state index in [-0.39, 0.29) is 28.8 Å². The molecule has 0 fully saturated rings. The topological polar surface area (TPSA) is 90.4 Å². The van der Waals surface area contributed by atoms with Crippen LogP contribution >= 0.6 is 0 Å². The van der Waals surface area contributed by atoms with Gasteiger partial charge in [0.05, 0.1) is 11.9 Å². The van der Waals surface area contributed by atoms with Gasteiger partial charge in [0, 0.05) is 29.1 Å². The summed E-state index contributed by atoms with van der Waals surface area (Å²) in [6, 6.07) is 27.8. The predicted molar refractivity (Wildman–Crippen MR) is 133 cm³/mol. The minimum absolute atomic E-state index is 0.110. The molecule has 2 aromatic heterocycles. The van der Waals surface area contributed by atoms with Crippen LogP contribution in [0.25, 0.3) is 38.8 Å².